The summed E-state index contributed by atoms with van der Waals surface area (Å²) in [6.07, 6.45) is 2.69. The summed E-state index contributed by atoms with van der Waals surface area (Å²) in [5.41, 5.74) is 3.64. The van der Waals surface area contributed by atoms with Crippen LogP contribution >= 0.6 is 23.1 Å². The standard InChI is InChI=1S/C21H20N4S2/c1-16(18-10-6-3-7-11-18)25-15-22-24-21(25)27-14-19-13-26-20(23-19)12-17-8-4-2-5-9-17/h2-11,13,15-16H,12,14H2,1H3/t16-/m1/s1. The highest BCUT2D eigenvalue weighted by Crippen LogP contribution is 2.27. The van der Waals surface area contributed by atoms with Crippen LogP contribution in [0.15, 0.2) is 77.5 Å². The Morgan fingerprint density at radius 3 is 2.56 bits per heavy atom. The molecule has 0 aliphatic carbocycles. The molecule has 0 bridgehead atoms. The molecule has 0 saturated carbocycles. The fourth-order valence-electron chi connectivity index (χ4n) is 2.90. The molecule has 4 nitrogen and oxygen atoms in total. The molecule has 0 N–H and O–H groups in total. The summed E-state index contributed by atoms with van der Waals surface area (Å²) in [6, 6.07) is 21.1. The second-order valence-electron chi connectivity index (χ2n) is 6.29. The van der Waals surface area contributed by atoms with E-state index in [1.165, 1.54) is 11.1 Å². The van der Waals surface area contributed by atoms with Crippen LogP contribution in [0.5, 0.6) is 0 Å². The molecule has 0 amide bonds. The highest BCUT2D eigenvalue weighted by atomic mass is 32.2. The van der Waals surface area contributed by atoms with Gasteiger partial charge in [0.25, 0.3) is 0 Å². The van der Waals surface area contributed by atoms with Gasteiger partial charge in [0.05, 0.1) is 16.7 Å². The molecule has 136 valence electrons. The van der Waals surface area contributed by atoms with Crippen LogP contribution in [0, 0.1) is 0 Å². The number of thioether (sulfide) groups is 1. The Hall–Kier alpha value is -2.44. The van der Waals surface area contributed by atoms with E-state index in [-0.39, 0.29) is 6.04 Å². The van der Waals surface area contributed by atoms with Crippen molar-refractivity contribution >= 4 is 23.1 Å². The Balaban J connectivity index is 1.41. The summed E-state index contributed by atoms with van der Waals surface area (Å²) in [5, 5.41) is 12.6. The Morgan fingerprint density at radius 1 is 1.04 bits per heavy atom. The molecule has 0 fully saturated rings. The molecule has 0 radical (unpaired) electrons. The lowest BCUT2D eigenvalue weighted by Crippen LogP contribution is -2.07. The summed E-state index contributed by atoms with van der Waals surface area (Å²) < 4.78 is 2.12. The van der Waals surface area contributed by atoms with Gasteiger partial charge in [-0.05, 0) is 18.1 Å². The van der Waals surface area contributed by atoms with E-state index in [0.29, 0.717) is 0 Å². The lowest BCUT2D eigenvalue weighted by molar-refractivity contribution is 0.582. The predicted octanol–water partition coefficient (Wildman–Crippen LogP) is 5.23. The maximum atomic E-state index is 4.78. The molecule has 0 aliphatic heterocycles. The molecule has 0 saturated heterocycles. The molecule has 0 unspecified atom stereocenters. The SMILES string of the molecule is C[C@H](c1ccccc1)n1cnnc1SCc1csc(Cc2ccccc2)n1. The van der Waals surface area contributed by atoms with Gasteiger partial charge in [-0.25, -0.2) is 4.98 Å². The molecule has 0 aliphatic rings. The van der Waals surface area contributed by atoms with Crippen molar-refractivity contribution in [3.05, 3.63) is 94.2 Å². The highest BCUT2D eigenvalue weighted by molar-refractivity contribution is 7.98. The van der Waals surface area contributed by atoms with Crippen LogP contribution in [0.3, 0.4) is 0 Å². The summed E-state index contributed by atoms with van der Waals surface area (Å²) in [4.78, 5) is 4.78. The van der Waals surface area contributed by atoms with Gasteiger partial charge in [0.2, 0.25) is 0 Å². The van der Waals surface area contributed by atoms with Crippen LogP contribution in [0.2, 0.25) is 0 Å². The first-order chi connectivity index (χ1) is 13.3. The minimum Gasteiger partial charge on any atom is -0.301 e. The molecule has 4 rings (SSSR count). The summed E-state index contributed by atoms with van der Waals surface area (Å²) in [6.45, 7) is 2.17. The first-order valence-electron chi connectivity index (χ1n) is 8.84. The fraction of sp³-hybridized carbons (Fsp3) is 0.190. The third-order valence-corrected chi connectivity index (χ3v) is 6.27. The highest BCUT2D eigenvalue weighted by Gasteiger charge is 2.14. The number of nitrogens with zero attached hydrogens (tertiary/aromatic N) is 4. The van der Waals surface area contributed by atoms with Gasteiger partial charge in [0, 0.05) is 17.6 Å². The number of hydrogen-bond donors (Lipinski definition) is 0. The van der Waals surface area contributed by atoms with Gasteiger partial charge in [-0.3, -0.25) is 0 Å². The van der Waals surface area contributed by atoms with Gasteiger partial charge >= 0.3 is 0 Å². The van der Waals surface area contributed by atoms with Crippen molar-refractivity contribution < 1.29 is 0 Å². The Morgan fingerprint density at radius 2 is 1.78 bits per heavy atom. The van der Waals surface area contributed by atoms with Crippen molar-refractivity contribution in [3.8, 4) is 0 Å². The molecular weight excluding hydrogens is 372 g/mol. The van der Waals surface area contributed by atoms with Crippen LogP contribution in [0.4, 0.5) is 0 Å². The maximum Gasteiger partial charge on any atom is 0.191 e. The maximum absolute atomic E-state index is 4.78. The van der Waals surface area contributed by atoms with Crippen molar-refractivity contribution in [1.82, 2.24) is 19.7 Å². The number of benzene rings is 2. The molecule has 27 heavy (non-hydrogen) atoms. The molecule has 4 aromatic rings. The molecule has 2 aromatic carbocycles. The van der Waals surface area contributed by atoms with E-state index in [1.54, 1.807) is 23.1 Å². The van der Waals surface area contributed by atoms with Gasteiger partial charge in [0.1, 0.15) is 6.33 Å². The third kappa shape index (κ3) is 4.46. The Kier molecular flexibility index (Phi) is 5.65. The van der Waals surface area contributed by atoms with Crippen molar-refractivity contribution in [2.75, 3.05) is 0 Å². The molecule has 6 heteroatoms. The van der Waals surface area contributed by atoms with Crippen molar-refractivity contribution in [1.29, 1.82) is 0 Å². The van der Waals surface area contributed by atoms with E-state index in [4.69, 9.17) is 4.98 Å². The van der Waals surface area contributed by atoms with Crippen molar-refractivity contribution in [2.45, 2.75) is 30.3 Å². The fourth-order valence-corrected chi connectivity index (χ4v) is 4.72. The molecular formula is C21H20N4S2. The number of hydrogen-bond acceptors (Lipinski definition) is 5. The zero-order valence-electron chi connectivity index (χ0n) is 15.0. The second-order valence-corrected chi connectivity index (χ2v) is 8.18. The number of thiazole rings is 1. The molecule has 1 atom stereocenters. The quantitative estimate of drug-likeness (QED) is 0.404. The first-order valence-corrected chi connectivity index (χ1v) is 10.7. The minimum atomic E-state index is 0.202. The van der Waals surface area contributed by atoms with Gasteiger partial charge in [-0.2, -0.15) is 0 Å². The molecule has 0 spiro atoms. The van der Waals surface area contributed by atoms with E-state index in [9.17, 15) is 0 Å². The van der Waals surface area contributed by atoms with Crippen molar-refractivity contribution in [2.24, 2.45) is 0 Å². The third-order valence-electron chi connectivity index (χ3n) is 4.39. The smallest absolute Gasteiger partial charge is 0.191 e. The largest absolute Gasteiger partial charge is 0.301 e. The average molecular weight is 393 g/mol. The zero-order valence-corrected chi connectivity index (χ0v) is 16.7. The van der Waals surface area contributed by atoms with Gasteiger partial charge < -0.3 is 4.57 Å². The monoisotopic (exact) mass is 392 g/mol. The second kappa shape index (κ2) is 8.50. The van der Waals surface area contributed by atoms with Gasteiger partial charge in [-0.1, -0.05) is 72.4 Å². The van der Waals surface area contributed by atoms with Crippen LogP contribution in [-0.2, 0) is 12.2 Å². The Bertz CT molecular complexity index is 980. The summed E-state index contributed by atoms with van der Waals surface area (Å²) >= 11 is 3.40. The number of aromatic nitrogens is 4. The molecule has 2 heterocycles. The lowest BCUT2D eigenvalue weighted by atomic mass is 10.1. The van der Waals surface area contributed by atoms with Crippen LogP contribution in [-0.4, -0.2) is 19.7 Å². The normalized spacial score (nSPS) is 12.2. The summed E-state index contributed by atoms with van der Waals surface area (Å²) in [7, 11) is 0. The van der Waals surface area contributed by atoms with Gasteiger partial charge in [-0.15, -0.1) is 21.5 Å². The molecule has 2 aromatic heterocycles. The van der Waals surface area contributed by atoms with E-state index < -0.39 is 0 Å². The first kappa shape index (κ1) is 17.9. The van der Waals surface area contributed by atoms with Gasteiger partial charge in [0.15, 0.2) is 5.16 Å². The van der Waals surface area contributed by atoms with E-state index in [0.717, 1.165) is 28.0 Å². The average Bonchev–Trinajstić information content (AvgIpc) is 3.36. The minimum absolute atomic E-state index is 0.202. The Labute approximate surface area is 167 Å². The van der Waals surface area contributed by atoms with E-state index >= 15 is 0 Å². The van der Waals surface area contributed by atoms with E-state index in [2.05, 4.69) is 75.6 Å². The summed E-state index contributed by atoms with van der Waals surface area (Å²) in [5.74, 6) is 0.797. The zero-order chi connectivity index (χ0) is 18.5. The van der Waals surface area contributed by atoms with Crippen LogP contribution in [0.25, 0.3) is 0 Å². The van der Waals surface area contributed by atoms with Crippen molar-refractivity contribution in [3.63, 3.8) is 0 Å². The number of rotatable bonds is 7. The van der Waals surface area contributed by atoms with Crippen LogP contribution < -0.4 is 0 Å². The topological polar surface area (TPSA) is 43.6 Å². The van der Waals surface area contributed by atoms with E-state index in [1.807, 2.05) is 18.5 Å². The predicted molar refractivity (Wildman–Crippen MR) is 111 cm³/mol. The van der Waals surface area contributed by atoms with Crippen LogP contribution in [0.1, 0.15) is 34.8 Å². The lowest BCUT2D eigenvalue weighted by Gasteiger charge is -2.15.